The Labute approximate surface area is 114 Å². The van der Waals surface area contributed by atoms with E-state index in [4.69, 9.17) is 5.73 Å². The molecule has 0 saturated carbocycles. The van der Waals surface area contributed by atoms with Gasteiger partial charge in [-0.1, -0.05) is 17.7 Å². The van der Waals surface area contributed by atoms with Gasteiger partial charge < -0.3 is 10.8 Å². The molecule has 0 aliphatic carbocycles. The summed E-state index contributed by atoms with van der Waals surface area (Å²) in [6.07, 6.45) is -0.761. The van der Waals surface area contributed by atoms with Crippen LogP contribution in [0.2, 0.25) is 0 Å². The van der Waals surface area contributed by atoms with E-state index in [-0.39, 0.29) is 11.4 Å². The van der Waals surface area contributed by atoms with E-state index in [0.717, 1.165) is 5.56 Å². The number of rotatable bonds is 5. The van der Waals surface area contributed by atoms with Crippen LogP contribution < -0.4 is 10.5 Å². The summed E-state index contributed by atoms with van der Waals surface area (Å²) in [5.41, 5.74) is 8.06. The lowest BCUT2D eigenvalue weighted by atomic mass is 10.1. The van der Waals surface area contributed by atoms with Crippen molar-refractivity contribution in [1.82, 2.24) is 4.72 Å². The van der Waals surface area contributed by atoms with E-state index in [1.54, 1.807) is 13.8 Å². The highest BCUT2D eigenvalue weighted by atomic mass is 32.2. The molecule has 0 radical (unpaired) electrons. The first kappa shape index (κ1) is 16.1. The van der Waals surface area contributed by atoms with E-state index in [1.165, 1.54) is 6.92 Å². The lowest BCUT2D eigenvalue weighted by Gasteiger charge is -2.17. The van der Waals surface area contributed by atoms with Crippen molar-refractivity contribution in [3.8, 4) is 0 Å². The minimum Gasteiger partial charge on any atom is -0.392 e. The van der Waals surface area contributed by atoms with E-state index in [9.17, 15) is 13.5 Å². The van der Waals surface area contributed by atoms with E-state index < -0.39 is 22.2 Å². The monoisotopic (exact) mass is 286 g/mol. The van der Waals surface area contributed by atoms with Gasteiger partial charge in [0.25, 0.3) is 0 Å². The normalized spacial score (nSPS) is 15.3. The number of hydrogen-bond acceptors (Lipinski definition) is 4. The first-order valence-corrected chi connectivity index (χ1v) is 7.64. The molecule has 0 aliphatic heterocycles. The number of aliphatic hydroxyl groups excluding tert-OH is 1. The average Bonchev–Trinajstić information content (AvgIpc) is 2.23. The van der Waals surface area contributed by atoms with Crippen molar-refractivity contribution in [3.63, 3.8) is 0 Å². The second-order valence-corrected chi connectivity index (χ2v) is 6.69. The van der Waals surface area contributed by atoms with Crippen molar-refractivity contribution in [2.75, 3.05) is 6.54 Å². The number of hydrogen-bond donors (Lipinski definition) is 3. The highest BCUT2D eigenvalue weighted by molar-refractivity contribution is 7.89. The topological polar surface area (TPSA) is 92.4 Å². The molecule has 0 aromatic heterocycles. The van der Waals surface area contributed by atoms with Crippen molar-refractivity contribution >= 4 is 10.0 Å². The molecule has 0 spiro atoms. The van der Waals surface area contributed by atoms with Gasteiger partial charge in [0.2, 0.25) is 10.0 Å². The second kappa shape index (κ2) is 6.00. The summed E-state index contributed by atoms with van der Waals surface area (Å²) in [5.74, 6) is 0. The second-order valence-electron chi connectivity index (χ2n) is 4.98. The summed E-state index contributed by atoms with van der Waals surface area (Å²) in [5, 5.41) is 9.27. The lowest BCUT2D eigenvalue weighted by Crippen LogP contribution is -2.43. The molecule has 4 N–H and O–H groups in total. The SMILES string of the molecule is Cc1cc(C)c(S(=O)(=O)NCC(N)C(C)O)c(C)c1. The number of nitrogens with two attached hydrogens (primary N) is 1. The third-order valence-corrected chi connectivity index (χ3v) is 4.73. The molecule has 6 heteroatoms. The van der Waals surface area contributed by atoms with Gasteiger partial charge >= 0.3 is 0 Å². The summed E-state index contributed by atoms with van der Waals surface area (Å²) < 4.78 is 27.0. The smallest absolute Gasteiger partial charge is 0.241 e. The molecular weight excluding hydrogens is 264 g/mol. The van der Waals surface area contributed by atoms with Crippen LogP contribution in [0.5, 0.6) is 0 Å². The molecule has 2 atom stereocenters. The predicted molar refractivity (Wildman–Crippen MR) is 75.5 cm³/mol. The molecule has 0 aliphatic rings. The fraction of sp³-hybridized carbons (Fsp3) is 0.538. The van der Waals surface area contributed by atoms with Crippen LogP contribution in [0.3, 0.4) is 0 Å². The Balaban J connectivity index is 3.02. The maximum Gasteiger partial charge on any atom is 0.241 e. The van der Waals surface area contributed by atoms with Gasteiger partial charge in [0.05, 0.1) is 11.0 Å². The van der Waals surface area contributed by atoms with Crippen molar-refractivity contribution in [2.45, 2.75) is 44.7 Å². The van der Waals surface area contributed by atoms with E-state index in [2.05, 4.69) is 4.72 Å². The van der Waals surface area contributed by atoms with Crippen molar-refractivity contribution in [3.05, 3.63) is 28.8 Å². The van der Waals surface area contributed by atoms with E-state index in [1.807, 2.05) is 19.1 Å². The van der Waals surface area contributed by atoms with Crippen LogP contribution in [0.15, 0.2) is 17.0 Å². The molecular formula is C13H22N2O3S. The zero-order valence-electron chi connectivity index (χ0n) is 11.8. The van der Waals surface area contributed by atoms with Crippen LogP contribution in [0, 0.1) is 20.8 Å². The van der Waals surface area contributed by atoms with Crippen LogP contribution >= 0.6 is 0 Å². The highest BCUT2D eigenvalue weighted by Crippen LogP contribution is 2.21. The number of aliphatic hydroxyl groups is 1. The van der Waals surface area contributed by atoms with Crippen molar-refractivity contribution < 1.29 is 13.5 Å². The van der Waals surface area contributed by atoms with Gasteiger partial charge in [0, 0.05) is 12.6 Å². The van der Waals surface area contributed by atoms with Crippen LogP contribution in [0.1, 0.15) is 23.6 Å². The summed E-state index contributed by atoms with van der Waals surface area (Å²) in [6.45, 7) is 6.99. The molecule has 0 saturated heterocycles. The molecule has 1 aromatic carbocycles. The van der Waals surface area contributed by atoms with Gasteiger partial charge in [0.15, 0.2) is 0 Å². The third kappa shape index (κ3) is 4.01. The highest BCUT2D eigenvalue weighted by Gasteiger charge is 2.21. The van der Waals surface area contributed by atoms with Crippen LogP contribution in [0.25, 0.3) is 0 Å². The Morgan fingerprint density at radius 1 is 1.26 bits per heavy atom. The zero-order valence-corrected chi connectivity index (χ0v) is 12.6. The Morgan fingerprint density at radius 2 is 1.74 bits per heavy atom. The minimum atomic E-state index is -3.61. The van der Waals surface area contributed by atoms with Crippen LogP contribution in [0.4, 0.5) is 0 Å². The summed E-state index contributed by atoms with van der Waals surface area (Å²) in [6, 6.07) is 3.03. The molecule has 0 bridgehead atoms. The summed E-state index contributed by atoms with van der Waals surface area (Å²) >= 11 is 0. The quantitative estimate of drug-likeness (QED) is 0.739. The van der Waals surface area contributed by atoms with Gasteiger partial charge in [0.1, 0.15) is 0 Å². The maximum atomic E-state index is 12.3. The summed E-state index contributed by atoms with van der Waals surface area (Å²) in [4.78, 5) is 0.288. The standard InChI is InChI=1S/C13H22N2O3S/c1-8-5-9(2)13(10(3)6-8)19(17,18)15-7-12(14)11(4)16/h5-6,11-12,15-16H,7,14H2,1-4H3. The molecule has 1 aromatic rings. The molecule has 2 unspecified atom stereocenters. The van der Waals surface area contributed by atoms with E-state index >= 15 is 0 Å². The van der Waals surface area contributed by atoms with Crippen LogP contribution in [-0.4, -0.2) is 32.2 Å². The third-order valence-electron chi connectivity index (χ3n) is 3.00. The first-order valence-electron chi connectivity index (χ1n) is 6.16. The van der Waals surface area contributed by atoms with E-state index in [0.29, 0.717) is 11.1 Å². The number of aryl methyl sites for hydroxylation is 3. The summed E-state index contributed by atoms with van der Waals surface area (Å²) in [7, 11) is -3.61. The fourth-order valence-corrected chi connectivity index (χ4v) is 3.56. The molecule has 19 heavy (non-hydrogen) atoms. The minimum absolute atomic E-state index is 0.00670. The van der Waals surface area contributed by atoms with Crippen molar-refractivity contribution in [1.29, 1.82) is 0 Å². The van der Waals surface area contributed by atoms with Gasteiger partial charge in [-0.05, 0) is 38.8 Å². The van der Waals surface area contributed by atoms with Crippen LogP contribution in [-0.2, 0) is 10.0 Å². The Hall–Kier alpha value is -0.950. The molecule has 0 heterocycles. The fourth-order valence-electron chi connectivity index (χ4n) is 2.04. The number of sulfonamides is 1. The predicted octanol–water partition coefficient (Wildman–Crippen LogP) is 0.598. The maximum absolute atomic E-state index is 12.3. The molecule has 0 amide bonds. The van der Waals surface area contributed by atoms with Gasteiger partial charge in [-0.25, -0.2) is 13.1 Å². The molecule has 0 fully saturated rings. The number of benzene rings is 1. The lowest BCUT2D eigenvalue weighted by molar-refractivity contribution is 0.164. The molecule has 1 rings (SSSR count). The van der Waals surface area contributed by atoms with Gasteiger partial charge in [-0.3, -0.25) is 0 Å². The Bertz CT molecular complexity index is 530. The molecule has 5 nitrogen and oxygen atoms in total. The zero-order chi connectivity index (χ0) is 14.8. The number of nitrogens with one attached hydrogen (secondary N) is 1. The first-order chi connectivity index (χ1) is 8.65. The van der Waals surface area contributed by atoms with Crippen molar-refractivity contribution in [2.24, 2.45) is 5.73 Å². The average molecular weight is 286 g/mol. The largest absolute Gasteiger partial charge is 0.392 e. The Morgan fingerprint density at radius 3 is 2.16 bits per heavy atom. The van der Waals surface area contributed by atoms with Gasteiger partial charge in [-0.15, -0.1) is 0 Å². The molecule has 108 valence electrons. The Kier molecular flexibility index (Phi) is 5.09. The van der Waals surface area contributed by atoms with Gasteiger partial charge in [-0.2, -0.15) is 0 Å².